The Hall–Kier alpha value is -3.65. The van der Waals surface area contributed by atoms with Crippen LogP contribution in [0, 0.1) is 23.2 Å². The molecule has 11 heteroatoms. The van der Waals surface area contributed by atoms with E-state index in [4.69, 9.17) is 10.00 Å². The molecule has 3 saturated heterocycles. The molecule has 3 heterocycles. The van der Waals surface area contributed by atoms with Gasteiger partial charge in [0.15, 0.2) is 0 Å². The summed E-state index contributed by atoms with van der Waals surface area (Å²) in [5.41, 5.74) is -0.731. The Morgan fingerprint density at radius 2 is 1.81 bits per heavy atom. The highest BCUT2D eigenvalue weighted by molar-refractivity contribution is 5.88. The van der Waals surface area contributed by atoms with Crippen molar-refractivity contribution in [3.05, 3.63) is 64.7 Å². The predicted molar refractivity (Wildman–Crippen MR) is 152 cm³/mol. The SMILES string of the molecule is CC[C@H]1CN(C(=O)[C@]2(F)CNC[C@H]2c2ccc(C#N)cc2)C[C@@H]1c1ccc(C(F)(F)F)cc1N1CCC(C(=O)OC)CC1. The molecule has 0 aromatic heterocycles. The number of ether oxygens (including phenoxy) is 1. The molecule has 0 radical (unpaired) electrons. The second-order valence-electron chi connectivity index (χ2n) is 11.8. The number of likely N-dealkylation sites (tertiary alicyclic amines) is 1. The third-order valence-corrected chi connectivity index (χ3v) is 9.46. The van der Waals surface area contributed by atoms with E-state index in [0.29, 0.717) is 61.3 Å². The first-order valence-corrected chi connectivity index (χ1v) is 14.7. The zero-order valence-electron chi connectivity index (χ0n) is 24.3. The Morgan fingerprint density at radius 3 is 2.42 bits per heavy atom. The van der Waals surface area contributed by atoms with E-state index < -0.39 is 29.2 Å². The van der Waals surface area contributed by atoms with E-state index in [-0.39, 0.29) is 43.4 Å². The van der Waals surface area contributed by atoms with Crippen molar-refractivity contribution in [3.63, 3.8) is 0 Å². The predicted octanol–water partition coefficient (Wildman–Crippen LogP) is 5.01. The number of alkyl halides is 4. The van der Waals surface area contributed by atoms with Crippen molar-refractivity contribution in [1.29, 1.82) is 5.26 Å². The minimum atomic E-state index is -4.53. The molecule has 0 spiro atoms. The highest BCUT2D eigenvalue weighted by Crippen LogP contribution is 2.45. The maximum absolute atomic E-state index is 16.6. The standard InChI is InChI=1S/C32H36F4N4O3/c1-3-21-17-40(30(42)31(33)19-38-16-27(31)22-6-4-20(15-37)5-7-22)18-26(21)25-9-8-24(32(34,35)36)14-28(25)39-12-10-23(11-13-39)29(41)43-2/h4-9,14,21,23,26-27,38H,3,10-13,16-19H2,1-2H3/t21-,26-,27-,31-/m0/s1. The first-order chi connectivity index (χ1) is 20.5. The van der Waals surface area contributed by atoms with Gasteiger partial charge in [0.1, 0.15) is 0 Å². The summed E-state index contributed by atoms with van der Waals surface area (Å²) in [5, 5.41) is 12.1. The molecule has 43 heavy (non-hydrogen) atoms. The molecule has 5 rings (SSSR count). The summed E-state index contributed by atoms with van der Waals surface area (Å²) in [6.45, 7) is 3.38. The van der Waals surface area contributed by atoms with Crippen LogP contribution in [0.15, 0.2) is 42.5 Å². The highest BCUT2D eigenvalue weighted by atomic mass is 19.4. The maximum Gasteiger partial charge on any atom is 0.416 e. The molecule has 3 aliphatic rings. The molecule has 0 saturated carbocycles. The number of esters is 1. The zero-order chi connectivity index (χ0) is 30.9. The lowest BCUT2D eigenvalue weighted by Gasteiger charge is -2.35. The van der Waals surface area contributed by atoms with Crippen molar-refractivity contribution in [2.45, 2.75) is 49.9 Å². The normalized spacial score (nSPS) is 26.4. The van der Waals surface area contributed by atoms with Gasteiger partial charge in [0.05, 0.1) is 30.2 Å². The van der Waals surface area contributed by atoms with Gasteiger partial charge in [0.2, 0.25) is 5.67 Å². The van der Waals surface area contributed by atoms with Crippen LogP contribution in [0.25, 0.3) is 0 Å². The van der Waals surface area contributed by atoms with Gasteiger partial charge in [-0.1, -0.05) is 31.5 Å². The van der Waals surface area contributed by atoms with Gasteiger partial charge in [-0.25, -0.2) is 4.39 Å². The van der Waals surface area contributed by atoms with E-state index in [9.17, 15) is 22.8 Å². The molecule has 4 atom stereocenters. The number of benzene rings is 2. The number of nitriles is 1. The maximum atomic E-state index is 16.6. The molecule has 0 bridgehead atoms. The van der Waals surface area contributed by atoms with Crippen LogP contribution in [-0.4, -0.2) is 68.8 Å². The smallest absolute Gasteiger partial charge is 0.416 e. The number of amides is 1. The summed E-state index contributed by atoms with van der Waals surface area (Å²) in [5.74, 6) is -2.33. The van der Waals surface area contributed by atoms with Crippen molar-refractivity contribution in [1.82, 2.24) is 10.2 Å². The number of piperidine rings is 1. The molecule has 2 aromatic rings. The fourth-order valence-corrected chi connectivity index (χ4v) is 6.98. The number of carbonyl (C=O) groups is 2. The number of hydrogen-bond acceptors (Lipinski definition) is 6. The molecule has 0 aliphatic carbocycles. The Balaban J connectivity index is 1.42. The Bertz CT molecular complexity index is 1380. The Morgan fingerprint density at radius 1 is 1.12 bits per heavy atom. The number of nitrogens with one attached hydrogen (secondary N) is 1. The monoisotopic (exact) mass is 600 g/mol. The van der Waals surface area contributed by atoms with Crippen LogP contribution in [0.5, 0.6) is 0 Å². The fourth-order valence-electron chi connectivity index (χ4n) is 6.98. The molecule has 3 aliphatic heterocycles. The molecule has 0 unspecified atom stereocenters. The molecular weight excluding hydrogens is 564 g/mol. The van der Waals surface area contributed by atoms with E-state index in [1.54, 1.807) is 24.3 Å². The summed E-state index contributed by atoms with van der Waals surface area (Å²) in [6.07, 6.45) is -2.95. The van der Waals surface area contributed by atoms with E-state index in [1.165, 1.54) is 24.1 Å². The minimum absolute atomic E-state index is 0.0710. The third kappa shape index (κ3) is 5.94. The summed E-state index contributed by atoms with van der Waals surface area (Å²) in [4.78, 5) is 29.4. The van der Waals surface area contributed by atoms with Gasteiger partial charge in [-0.3, -0.25) is 9.59 Å². The largest absolute Gasteiger partial charge is 0.469 e. The van der Waals surface area contributed by atoms with Crippen LogP contribution >= 0.6 is 0 Å². The quantitative estimate of drug-likeness (QED) is 0.371. The second kappa shape index (κ2) is 12.2. The Kier molecular flexibility index (Phi) is 8.70. The molecule has 1 N–H and O–H groups in total. The first kappa shape index (κ1) is 30.8. The summed E-state index contributed by atoms with van der Waals surface area (Å²) < 4.78 is 62.9. The highest BCUT2D eigenvalue weighted by Gasteiger charge is 2.54. The second-order valence-corrected chi connectivity index (χ2v) is 11.8. The number of halogens is 4. The van der Waals surface area contributed by atoms with Crippen LogP contribution in [-0.2, 0) is 20.5 Å². The van der Waals surface area contributed by atoms with Crippen molar-refractivity contribution < 1.29 is 31.9 Å². The van der Waals surface area contributed by atoms with E-state index in [1.807, 2.05) is 17.9 Å². The number of anilines is 1. The van der Waals surface area contributed by atoms with Crippen molar-refractivity contribution >= 4 is 17.6 Å². The van der Waals surface area contributed by atoms with Crippen LogP contribution in [0.3, 0.4) is 0 Å². The summed E-state index contributed by atoms with van der Waals surface area (Å²) in [6, 6.07) is 12.4. The molecule has 1 amide bonds. The van der Waals surface area contributed by atoms with Gasteiger partial charge in [-0.15, -0.1) is 0 Å². The molecule has 230 valence electrons. The lowest BCUT2D eigenvalue weighted by Crippen LogP contribution is -2.49. The van der Waals surface area contributed by atoms with E-state index >= 15 is 4.39 Å². The average Bonchev–Trinajstić information content (AvgIpc) is 3.64. The van der Waals surface area contributed by atoms with Crippen molar-refractivity contribution in [2.75, 3.05) is 51.3 Å². The summed E-state index contributed by atoms with van der Waals surface area (Å²) in [7, 11) is 1.33. The first-order valence-electron chi connectivity index (χ1n) is 14.7. The van der Waals surface area contributed by atoms with Gasteiger partial charge in [-0.05, 0) is 54.2 Å². The van der Waals surface area contributed by atoms with Gasteiger partial charge in [0.25, 0.3) is 5.91 Å². The van der Waals surface area contributed by atoms with E-state index in [0.717, 1.165) is 6.07 Å². The number of methoxy groups -OCH3 is 1. The summed E-state index contributed by atoms with van der Waals surface area (Å²) >= 11 is 0. The number of carbonyl (C=O) groups excluding carboxylic acids is 2. The third-order valence-electron chi connectivity index (χ3n) is 9.46. The van der Waals surface area contributed by atoms with Crippen molar-refractivity contribution in [2.24, 2.45) is 11.8 Å². The lowest BCUT2D eigenvalue weighted by atomic mass is 9.84. The lowest BCUT2D eigenvalue weighted by molar-refractivity contribution is -0.146. The van der Waals surface area contributed by atoms with Gasteiger partial charge in [-0.2, -0.15) is 18.4 Å². The fraction of sp³-hybridized carbons (Fsp3) is 0.531. The van der Waals surface area contributed by atoms with Crippen LogP contribution in [0.2, 0.25) is 0 Å². The number of hydrogen-bond donors (Lipinski definition) is 1. The topological polar surface area (TPSA) is 85.7 Å². The molecule has 7 nitrogen and oxygen atoms in total. The average molecular weight is 601 g/mol. The molecule has 3 fully saturated rings. The molecule has 2 aromatic carbocycles. The van der Waals surface area contributed by atoms with E-state index in [2.05, 4.69) is 5.32 Å². The Labute approximate surface area is 248 Å². The van der Waals surface area contributed by atoms with Crippen LogP contribution in [0.4, 0.5) is 23.2 Å². The van der Waals surface area contributed by atoms with Gasteiger partial charge >= 0.3 is 12.1 Å². The van der Waals surface area contributed by atoms with Crippen molar-refractivity contribution in [3.8, 4) is 6.07 Å². The molecular formula is C32H36F4N4O3. The zero-order valence-corrected chi connectivity index (χ0v) is 24.3. The number of nitrogens with zero attached hydrogens (tertiary/aromatic N) is 3. The van der Waals surface area contributed by atoms with Gasteiger partial charge < -0.3 is 19.9 Å². The number of rotatable bonds is 6. The van der Waals surface area contributed by atoms with Gasteiger partial charge in [0, 0.05) is 56.8 Å². The van der Waals surface area contributed by atoms with Crippen LogP contribution < -0.4 is 10.2 Å². The van der Waals surface area contributed by atoms with Crippen LogP contribution in [0.1, 0.15) is 60.3 Å². The minimum Gasteiger partial charge on any atom is -0.469 e.